The van der Waals surface area contributed by atoms with Crippen molar-refractivity contribution >= 4 is 9.84 Å². The third-order valence-electron chi connectivity index (χ3n) is 3.85. The number of rotatable bonds is 5. The maximum Gasteiger partial charge on any atom is 0.248 e. The molecule has 0 saturated heterocycles. The minimum absolute atomic E-state index is 0.142. The highest BCUT2D eigenvalue weighted by molar-refractivity contribution is 7.91. The molecule has 4 nitrogen and oxygen atoms in total. The average molecular weight is 344 g/mol. The van der Waals surface area contributed by atoms with Crippen molar-refractivity contribution in [2.75, 3.05) is 5.75 Å². The van der Waals surface area contributed by atoms with Gasteiger partial charge in [-0.1, -0.05) is 12.1 Å². The topological polar surface area (TPSA) is 52.0 Å². The van der Waals surface area contributed by atoms with Crippen molar-refractivity contribution in [3.63, 3.8) is 0 Å². The summed E-state index contributed by atoms with van der Waals surface area (Å²) in [5.74, 6) is -3.99. The van der Waals surface area contributed by atoms with Crippen LogP contribution in [0.1, 0.15) is 18.4 Å². The lowest BCUT2D eigenvalue weighted by atomic mass is 9.83. The molecule has 0 radical (unpaired) electrons. The zero-order chi connectivity index (χ0) is 16.7. The number of imidazole rings is 1. The Bertz CT molecular complexity index is 792. The van der Waals surface area contributed by atoms with Gasteiger partial charge in [0.15, 0.2) is 0 Å². The second-order valence-electron chi connectivity index (χ2n) is 5.88. The van der Waals surface area contributed by atoms with Crippen LogP contribution in [0.15, 0.2) is 41.8 Å². The molecule has 0 atom stereocenters. The van der Waals surface area contributed by atoms with E-state index in [1.165, 1.54) is 29.1 Å². The van der Waals surface area contributed by atoms with Gasteiger partial charge in [0.1, 0.15) is 5.82 Å². The summed E-state index contributed by atoms with van der Waals surface area (Å²) in [7, 11) is -3.74. The Morgan fingerprint density at radius 1 is 1.22 bits per heavy atom. The highest BCUT2D eigenvalue weighted by Crippen LogP contribution is 2.43. The van der Waals surface area contributed by atoms with Crippen LogP contribution in [0.2, 0.25) is 0 Å². The number of benzene rings is 1. The van der Waals surface area contributed by atoms with E-state index in [0.29, 0.717) is 0 Å². The predicted molar refractivity (Wildman–Crippen MR) is 77.5 cm³/mol. The van der Waals surface area contributed by atoms with E-state index in [0.717, 1.165) is 5.56 Å². The number of hydrogen-bond donors (Lipinski definition) is 0. The minimum Gasteiger partial charge on any atom is -0.318 e. The van der Waals surface area contributed by atoms with E-state index >= 15 is 0 Å². The lowest BCUT2D eigenvalue weighted by molar-refractivity contribution is -0.103. The summed E-state index contributed by atoms with van der Waals surface area (Å²) in [6.45, 7) is 0.218. The Kier molecular flexibility index (Phi) is 3.95. The highest BCUT2D eigenvalue weighted by atomic mass is 32.2. The van der Waals surface area contributed by atoms with Crippen molar-refractivity contribution < 1.29 is 21.6 Å². The fourth-order valence-electron chi connectivity index (χ4n) is 2.77. The van der Waals surface area contributed by atoms with Gasteiger partial charge in [0.25, 0.3) is 0 Å². The predicted octanol–water partition coefficient (Wildman–Crippen LogP) is 2.89. The third kappa shape index (κ3) is 3.57. The van der Waals surface area contributed by atoms with Gasteiger partial charge in [0.05, 0.1) is 5.75 Å². The normalized spacial score (nSPS) is 17.9. The molecule has 0 bridgehead atoms. The zero-order valence-electron chi connectivity index (χ0n) is 12.1. The van der Waals surface area contributed by atoms with Gasteiger partial charge in [-0.05, 0) is 23.6 Å². The second-order valence-corrected chi connectivity index (χ2v) is 7.80. The molecule has 1 aliphatic rings. The molecule has 2 aromatic rings. The lowest BCUT2D eigenvalue weighted by Crippen LogP contribution is -2.39. The molecule has 0 aliphatic heterocycles. The second kappa shape index (κ2) is 5.67. The summed E-state index contributed by atoms with van der Waals surface area (Å²) >= 11 is 0. The molecule has 1 aliphatic carbocycles. The SMILES string of the molecule is O=S(=O)(CC1CC(F)(F)C1)c1nccn1Cc1ccc(F)cc1. The van der Waals surface area contributed by atoms with Crippen LogP contribution in [0, 0.1) is 11.7 Å². The van der Waals surface area contributed by atoms with Crippen LogP contribution < -0.4 is 0 Å². The van der Waals surface area contributed by atoms with Crippen LogP contribution >= 0.6 is 0 Å². The Balaban J connectivity index is 1.76. The van der Waals surface area contributed by atoms with Gasteiger partial charge in [-0.15, -0.1) is 0 Å². The van der Waals surface area contributed by atoms with Crippen LogP contribution in [0.25, 0.3) is 0 Å². The van der Waals surface area contributed by atoms with Gasteiger partial charge < -0.3 is 4.57 Å². The first-order chi connectivity index (χ1) is 10.8. The van der Waals surface area contributed by atoms with E-state index in [-0.39, 0.29) is 23.3 Å². The molecule has 1 heterocycles. The van der Waals surface area contributed by atoms with Crippen molar-refractivity contribution in [3.05, 3.63) is 48.0 Å². The van der Waals surface area contributed by atoms with E-state index in [4.69, 9.17) is 0 Å². The molecule has 1 aromatic carbocycles. The first kappa shape index (κ1) is 16.0. The number of sulfone groups is 1. The van der Waals surface area contributed by atoms with Crippen LogP contribution in [0.3, 0.4) is 0 Å². The number of hydrogen-bond acceptors (Lipinski definition) is 3. The molecule has 3 rings (SSSR count). The van der Waals surface area contributed by atoms with Crippen LogP contribution in [0.4, 0.5) is 13.2 Å². The van der Waals surface area contributed by atoms with Gasteiger partial charge in [0.2, 0.25) is 20.9 Å². The van der Waals surface area contributed by atoms with E-state index in [1.807, 2.05) is 0 Å². The molecule has 124 valence electrons. The smallest absolute Gasteiger partial charge is 0.248 e. The summed E-state index contributed by atoms with van der Waals surface area (Å²) in [6.07, 6.45) is 2.06. The largest absolute Gasteiger partial charge is 0.318 e. The number of aromatic nitrogens is 2. The number of nitrogens with zero attached hydrogens (tertiary/aromatic N) is 2. The maximum absolute atomic E-state index is 12.9. The van der Waals surface area contributed by atoms with E-state index in [2.05, 4.69) is 4.98 Å². The fourth-order valence-corrected chi connectivity index (χ4v) is 4.48. The van der Waals surface area contributed by atoms with Crippen LogP contribution in [-0.4, -0.2) is 29.6 Å². The standard InChI is InChI=1S/C15H15F3N2O2S/c16-13-3-1-11(2-4-13)9-20-6-5-19-14(20)23(21,22)10-12-7-15(17,18)8-12/h1-6,12H,7-10H2. The molecule has 0 amide bonds. The molecular formula is C15H15F3N2O2S. The molecule has 0 N–H and O–H groups in total. The van der Waals surface area contributed by atoms with Gasteiger partial charge >= 0.3 is 0 Å². The third-order valence-corrected chi connectivity index (χ3v) is 5.66. The molecule has 0 unspecified atom stereocenters. The minimum atomic E-state index is -3.74. The first-order valence-electron chi connectivity index (χ1n) is 7.11. The molecule has 8 heteroatoms. The van der Waals surface area contributed by atoms with Crippen molar-refractivity contribution in [3.8, 4) is 0 Å². The molecule has 23 heavy (non-hydrogen) atoms. The summed E-state index contributed by atoms with van der Waals surface area (Å²) < 4.78 is 64.8. The van der Waals surface area contributed by atoms with Crippen molar-refractivity contribution in [1.82, 2.24) is 9.55 Å². The van der Waals surface area contributed by atoms with E-state index < -0.39 is 34.5 Å². The Labute approximate surface area is 131 Å². The molecule has 1 aromatic heterocycles. The lowest BCUT2D eigenvalue weighted by Gasteiger charge is -2.34. The van der Waals surface area contributed by atoms with Gasteiger partial charge in [-0.25, -0.2) is 26.6 Å². The van der Waals surface area contributed by atoms with Crippen molar-refractivity contribution in [2.24, 2.45) is 5.92 Å². The van der Waals surface area contributed by atoms with Crippen molar-refractivity contribution in [1.29, 1.82) is 0 Å². The van der Waals surface area contributed by atoms with Gasteiger partial charge in [0, 0.05) is 31.8 Å². The summed E-state index contributed by atoms with van der Waals surface area (Å²) in [5, 5.41) is -0.142. The van der Waals surface area contributed by atoms with Crippen LogP contribution in [0.5, 0.6) is 0 Å². The van der Waals surface area contributed by atoms with Gasteiger partial charge in [-0.3, -0.25) is 0 Å². The van der Waals surface area contributed by atoms with Crippen molar-refractivity contribution in [2.45, 2.75) is 30.5 Å². The maximum atomic E-state index is 12.9. The highest BCUT2D eigenvalue weighted by Gasteiger charge is 2.47. The van der Waals surface area contributed by atoms with Gasteiger partial charge in [-0.2, -0.15) is 0 Å². The summed E-state index contributed by atoms with van der Waals surface area (Å²) in [4.78, 5) is 3.86. The quantitative estimate of drug-likeness (QED) is 0.838. The summed E-state index contributed by atoms with van der Waals surface area (Å²) in [5.41, 5.74) is 0.719. The Morgan fingerprint density at radius 3 is 2.48 bits per heavy atom. The molecule has 1 saturated carbocycles. The Hall–Kier alpha value is -1.83. The van der Waals surface area contributed by atoms with Crippen LogP contribution in [-0.2, 0) is 16.4 Å². The van der Waals surface area contributed by atoms with E-state index in [9.17, 15) is 21.6 Å². The number of alkyl halides is 2. The average Bonchev–Trinajstić information content (AvgIpc) is 2.88. The molecule has 0 spiro atoms. The monoisotopic (exact) mass is 344 g/mol. The fraction of sp³-hybridized carbons (Fsp3) is 0.400. The molecule has 1 fully saturated rings. The molecular weight excluding hydrogens is 329 g/mol. The number of halogens is 3. The van der Waals surface area contributed by atoms with E-state index in [1.54, 1.807) is 12.1 Å². The first-order valence-corrected chi connectivity index (χ1v) is 8.77. The Morgan fingerprint density at radius 2 is 1.87 bits per heavy atom. The zero-order valence-corrected chi connectivity index (χ0v) is 12.9. The summed E-state index contributed by atoms with van der Waals surface area (Å²) in [6, 6.07) is 5.68.